The van der Waals surface area contributed by atoms with Crippen LogP contribution in [0.2, 0.25) is 0 Å². The largest absolute Gasteiger partial charge is 0.369 e. The number of hydrogen-bond donors (Lipinski definition) is 1. The molecule has 1 aromatic rings. The molecule has 1 heterocycles. The summed E-state index contributed by atoms with van der Waals surface area (Å²) in [6, 6.07) is 5.34. The van der Waals surface area contributed by atoms with Gasteiger partial charge in [0.2, 0.25) is 0 Å². The van der Waals surface area contributed by atoms with Crippen LogP contribution >= 0.6 is 11.8 Å². The summed E-state index contributed by atoms with van der Waals surface area (Å²) in [6.07, 6.45) is 0.606. The highest BCUT2D eigenvalue weighted by Crippen LogP contribution is 2.31. The molecule has 2 unspecified atom stereocenters. The second-order valence-electron chi connectivity index (χ2n) is 4.94. The molecule has 0 aromatic heterocycles. The van der Waals surface area contributed by atoms with Gasteiger partial charge in [-0.2, -0.15) is 11.8 Å². The van der Waals surface area contributed by atoms with Crippen LogP contribution in [0, 0.1) is 5.82 Å². The van der Waals surface area contributed by atoms with E-state index in [1.165, 1.54) is 6.07 Å². The van der Waals surface area contributed by atoms with Crippen molar-refractivity contribution >= 4 is 17.4 Å². The fourth-order valence-electron chi connectivity index (χ4n) is 2.61. The number of benzene rings is 1. The standard InChI is InChI=1S/C14H21FN2S/c1-10-8-17(9-11(2)18-10)14-5-3-4-13(15)12(14)6-7-16/h3-5,10-11H,6-9,16H2,1-2H3. The minimum absolute atomic E-state index is 0.128. The van der Waals surface area contributed by atoms with Crippen molar-refractivity contribution in [3.8, 4) is 0 Å². The van der Waals surface area contributed by atoms with Gasteiger partial charge >= 0.3 is 0 Å². The Labute approximate surface area is 113 Å². The summed E-state index contributed by atoms with van der Waals surface area (Å²) < 4.78 is 13.9. The van der Waals surface area contributed by atoms with Crippen molar-refractivity contribution in [1.29, 1.82) is 0 Å². The Morgan fingerprint density at radius 2 is 2.00 bits per heavy atom. The highest BCUT2D eigenvalue weighted by molar-refractivity contribution is 8.00. The number of anilines is 1. The highest BCUT2D eigenvalue weighted by Gasteiger charge is 2.24. The molecule has 2 atom stereocenters. The highest BCUT2D eigenvalue weighted by atomic mass is 32.2. The molecule has 0 radical (unpaired) electrons. The molecule has 2 rings (SSSR count). The minimum atomic E-state index is -0.128. The zero-order valence-corrected chi connectivity index (χ0v) is 11.8. The maximum absolute atomic E-state index is 13.9. The molecular formula is C14H21FN2S. The molecule has 0 amide bonds. The summed E-state index contributed by atoms with van der Waals surface area (Å²) >= 11 is 2.00. The van der Waals surface area contributed by atoms with E-state index >= 15 is 0 Å². The van der Waals surface area contributed by atoms with Crippen LogP contribution in [0.25, 0.3) is 0 Å². The van der Waals surface area contributed by atoms with Crippen LogP contribution < -0.4 is 10.6 Å². The number of rotatable bonds is 3. The Bertz CT molecular complexity index is 401. The third-order valence-corrected chi connectivity index (χ3v) is 4.48. The van der Waals surface area contributed by atoms with E-state index in [1.807, 2.05) is 17.8 Å². The van der Waals surface area contributed by atoms with Crippen molar-refractivity contribution in [3.05, 3.63) is 29.6 Å². The summed E-state index contributed by atoms with van der Waals surface area (Å²) in [4.78, 5) is 2.31. The molecule has 4 heteroatoms. The van der Waals surface area contributed by atoms with Crippen LogP contribution in [0.4, 0.5) is 10.1 Å². The predicted octanol–water partition coefficient (Wildman–Crippen LogP) is 2.66. The van der Waals surface area contributed by atoms with E-state index in [4.69, 9.17) is 5.73 Å². The normalized spacial score (nSPS) is 24.3. The lowest BCUT2D eigenvalue weighted by Crippen LogP contribution is -2.41. The molecule has 0 spiro atoms. The molecule has 2 N–H and O–H groups in total. The number of hydrogen-bond acceptors (Lipinski definition) is 3. The molecular weight excluding hydrogens is 247 g/mol. The van der Waals surface area contributed by atoms with Crippen LogP contribution in [0.15, 0.2) is 18.2 Å². The fraction of sp³-hybridized carbons (Fsp3) is 0.571. The lowest BCUT2D eigenvalue weighted by atomic mass is 10.1. The summed E-state index contributed by atoms with van der Waals surface area (Å²) in [7, 11) is 0. The molecule has 100 valence electrons. The molecule has 1 saturated heterocycles. The first-order chi connectivity index (χ1) is 8.61. The van der Waals surface area contributed by atoms with Crippen molar-refractivity contribution in [3.63, 3.8) is 0 Å². The first kappa shape index (κ1) is 13.7. The summed E-state index contributed by atoms with van der Waals surface area (Å²) in [6.45, 7) is 6.91. The van der Waals surface area contributed by atoms with Crippen molar-refractivity contribution in [2.24, 2.45) is 5.73 Å². The minimum Gasteiger partial charge on any atom is -0.369 e. The van der Waals surface area contributed by atoms with E-state index in [2.05, 4.69) is 18.7 Å². The number of thioether (sulfide) groups is 1. The topological polar surface area (TPSA) is 29.3 Å². The van der Waals surface area contributed by atoms with E-state index in [-0.39, 0.29) is 5.82 Å². The third-order valence-electron chi connectivity index (χ3n) is 3.25. The molecule has 1 aliphatic rings. The molecule has 18 heavy (non-hydrogen) atoms. The first-order valence-electron chi connectivity index (χ1n) is 6.49. The van der Waals surface area contributed by atoms with Crippen molar-refractivity contribution < 1.29 is 4.39 Å². The van der Waals surface area contributed by atoms with Gasteiger partial charge in [-0.05, 0) is 25.1 Å². The number of nitrogens with zero attached hydrogens (tertiary/aromatic N) is 1. The van der Waals surface area contributed by atoms with Gasteiger partial charge in [-0.1, -0.05) is 19.9 Å². The zero-order chi connectivity index (χ0) is 13.1. The van der Waals surface area contributed by atoms with Gasteiger partial charge in [-0.15, -0.1) is 0 Å². The molecule has 0 saturated carbocycles. The average Bonchev–Trinajstić information content (AvgIpc) is 2.30. The molecule has 0 aliphatic carbocycles. The van der Waals surface area contributed by atoms with Crippen LogP contribution in [0.1, 0.15) is 19.4 Å². The van der Waals surface area contributed by atoms with Gasteiger partial charge in [-0.25, -0.2) is 4.39 Å². The summed E-state index contributed by atoms with van der Waals surface area (Å²) in [5, 5.41) is 1.17. The van der Waals surface area contributed by atoms with Gasteiger partial charge in [0.25, 0.3) is 0 Å². The molecule has 0 bridgehead atoms. The van der Waals surface area contributed by atoms with Gasteiger partial charge in [0.15, 0.2) is 0 Å². The molecule has 1 aromatic carbocycles. The Morgan fingerprint density at radius 3 is 2.61 bits per heavy atom. The van der Waals surface area contributed by atoms with E-state index in [0.29, 0.717) is 23.5 Å². The number of halogens is 1. The Hall–Kier alpha value is -0.740. The zero-order valence-electron chi connectivity index (χ0n) is 11.0. The van der Waals surface area contributed by atoms with Gasteiger partial charge in [-0.3, -0.25) is 0 Å². The van der Waals surface area contributed by atoms with Crippen molar-refractivity contribution in [1.82, 2.24) is 0 Å². The van der Waals surface area contributed by atoms with Crippen molar-refractivity contribution in [2.75, 3.05) is 24.5 Å². The maximum Gasteiger partial charge on any atom is 0.128 e. The Morgan fingerprint density at radius 1 is 1.33 bits per heavy atom. The van der Waals surface area contributed by atoms with Crippen LogP contribution in [0.3, 0.4) is 0 Å². The van der Waals surface area contributed by atoms with E-state index < -0.39 is 0 Å². The smallest absolute Gasteiger partial charge is 0.128 e. The average molecular weight is 268 g/mol. The van der Waals surface area contributed by atoms with Gasteiger partial charge in [0.05, 0.1) is 0 Å². The lowest BCUT2D eigenvalue weighted by molar-refractivity contribution is 0.606. The van der Waals surface area contributed by atoms with Gasteiger partial charge in [0, 0.05) is 34.8 Å². The molecule has 1 aliphatic heterocycles. The molecule has 1 fully saturated rings. The van der Waals surface area contributed by atoms with Crippen LogP contribution in [-0.2, 0) is 6.42 Å². The lowest BCUT2D eigenvalue weighted by Gasteiger charge is -2.37. The SMILES string of the molecule is CC1CN(c2cccc(F)c2CCN)CC(C)S1. The predicted molar refractivity (Wildman–Crippen MR) is 77.9 cm³/mol. The quantitative estimate of drug-likeness (QED) is 0.914. The van der Waals surface area contributed by atoms with Gasteiger partial charge < -0.3 is 10.6 Å². The number of nitrogens with two attached hydrogens (primary N) is 1. The van der Waals surface area contributed by atoms with E-state index in [0.717, 1.165) is 24.3 Å². The van der Waals surface area contributed by atoms with Crippen LogP contribution in [-0.4, -0.2) is 30.1 Å². The van der Waals surface area contributed by atoms with Crippen LogP contribution in [0.5, 0.6) is 0 Å². The maximum atomic E-state index is 13.9. The first-order valence-corrected chi connectivity index (χ1v) is 7.44. The summed E-state index contributed by atoms with van der Waals surface area (Å²) in [5.74, 6) is -0.128. The Kier molecular flexibility index (Phi) is 4.51. The van der Waals surface area contributed by atoms with E-state index in [1.54, 1.807) is 6.07 Å². The second kappa shape index (κ2) is 5.93. The second-order valence-corrected chi connectivity index (χ2v) is 6.82. The molecule has 2 nitrogen and oxygen atoms in total. The monoisotopic (exact) mass is 268 g/mol. The third kappa shape index (κ3) is 2.98. The summed E-state index contributed by atoms with van der Waals surface area (Å²) in [5.41, 5.74) is 7.39. The van der Waals surface area contributed by atoms with Crippen molar-refractivity contribution in [2.45, 2.75) is 30.8 Å². The Balaban J connectivity index is 2.29. The van der Waals surface area contributed by atoms with Gasteiger partial charge in [0.1, 0.15) is 5.82 Å². The fourth-order valence-corrected chi connectivity index (χ4v) is 3.94. The van der Waals surface area contributed by atoms with E-state index in [9.17, 15) is 4.39 Å².